The topological polar surface area (TPSA) is 85.4 Å². The van der Waals surface area contributed by atoms with E-state index in [0.29, 0.717) is 23.9 Å². The van der Waals surface area contributed by atoms with Gasteiger partial charge in [-0.2, -0.15) is 14.5 Å². The van der Waals surface area contributed by atoms with Gasteiger partial charge >= 0.3 is 0 Å². The summed E-state index contributed by atoms with van der Waals surface area (Å²) >= 11 is 0. The molecule has 1 saturated heterocycles. The normalized spacial score (nSPS) is 18.8. The van der Waals surface area contributed by atoms with E-state index in [9.17, 15) is 8.42 Å². The van der Waals surface area contributed by atoms with Crippen LogP contribution in [0.5, 0.6) is 0 Å². The number of piperidine rings is 1. The number of hydrogen-bond donors (Lipinski definition) is 0. The Hall–Kier alpha value is -2.26. The molecular weight excluding hydrogens is 376 g/mol. The first-order chi connectivity index (χ1) is 13.6. The fourth-order valence-corrected chi connectivity index (χ4v) is 6.24. The molecule has 9 heteroatoms. The zero-order chi connectivity index (χ0) is 19.3. The van der Waals surface area contributed by atoms with E-state index in [1.54, 1.807) is 10.6 Å². The summed E-state index contributed by atoms with van der Waals surface area (Å²) in [4.78, 5) is 4.68. The van der Waals surface area contributed by atoms with E-state index in [0.717, 1.165) is 50.0 Å². The summed E-state index contributed by atoms with van der Waals surface area (Å²) in [5.41, 5.74) is 4.27. The summed E-state index contributed by atoms with van der Waals surface area (Å²) in [6.07, 6.45) is 9.50. The van der Waals surface area contributed by atoms with Crippen molar-refractivity contribution >= 4 is 15.7 Å². The lowest BCUT2D eigenvalue weighted by molar-refractivity contribution is 0.318. The lowest BCUT2D eigenvalue weighted by Gasteiger charge is -2.32. The molecule has 1 fully saturated rings. The second-order valence-corrected chi connectivity index (χ2v) is 9.54. The van der Waals surface area contributed by atoms with Crippen molar-refractivity contribution in [3.63, 3.8) is 0 Å². The first-order valence-electron chi connectivity index (χ1n) is 9.95. The van der Waals surface area contributed by atoms with Crippen LogP contribution >= 0.6 is 0 Å². The molecule has 0 aliphatic carbocycles. The third kappa shape index (κ3) is 2.76. The van der Waals surface area contributed by atoms with Crippen molar-refractivity contribution in [2.24, 2.45) is 0 Å². The first-order valence-corrected chi connectivity index (χ1v) is 11.4. The maximum Gasteiger partial charge on any atom is 0.246 e. The molecule has 0 radical (unpaired) electrons. The monoisotopic (exact) mass is 400 g/mol. The number of hydrogen-bond acceptors (Lipinski definition) is 5. The minimum absolute atomic E-state index is 0.341. The van der Waals surface area contributed by atoms with E-state index < -0.39 is 10.0 Å². The molecule has 0 saturated carbocycles. The summed E-state index contributed by atoms with van der Waals surface area (Å²) in [5, 5.41) is 8.52. The molecule has 0 spiro atoms. The molecule has 8 nitrogen and oxygen atoms in total. The SMILES string of the molecule is CCc1cc2ncnn2cc1C1CCN(S(=O)(=O)c2cnn3c2CCC3)CC1. The van der Waals surface area contributed by atoms with E-state index in [-0.39, 0.29) is 0 Å². The summed E-state index contributed by atoms with van der Waals surface area (Å²) in [5.74, 6) is 0.341. The average molecular weight is 401 g/mol. The number of aromatic nitrogens is 5. The van der Waals surface area contributed by atoms with E-state index in [4.69, 9.17) is 0 Å². The number of aryl methyl sites for hydroxylation is 2. The van der Waals surface area contributed by atoms with Gasteiger partial charge in [-0.15, -0.1) is 0 Å². The highest BCUT2D eigenvalue weighted by Crippen LogP contribution is 2.34. The second-order valence-electron chi connectivity index (χ2n) is 7.63. The Morgan fingerprint density at radius 2 is 2.00 bits per heavy atom. The van der Waals surface area contributed by atoms with Crippen LogP contribution < -0.4 is 0 Å². The van der Waals surface area contributed by atoms with Crippen LogP contribution in [0.2, 0.25) is 0 Å². The van der Waals surface area contributed by atoms with Gasteiger partial charge < -0.3 is 0 Å². The number of pyridine rings is 1. The maximum absolute atomic E-state index is 13.2. The highest BCUT2D eigenvalue weighted by atomic mass is 32.2. The van der Waals surface area contributed by atoms with Gasteiger partial charge in [-0.3, -0.25) is 4.68 Å². The van der Waals surface area contributed by atoms with Crippen LogP contribution in [-0.4, -0.2) is 50.2 Å². The Bertz CT molecular complexity index is 1120. The summed E-state index contributed by atoms with van der Waals surface area (Å²) in [6, 6.07) is 2.10. The van der Waals surface area contributed by atoms with E-state index in [2.05, 4.69) is 34.4 Å². The van der Waals surface area contributed by atoms with E-state index in [1.807, 2.05) is 9.20 Å². The molecule has 2 aliphatic rings. The number of fused-ring (bicyclic) bond motifs is 2. The van der Waals surface area contributed by atoms with Gasteiger partial charge in [0.1, 0.15) is 11.2 Å². The quantitative estimate of drug-likeness (QED) is 0.669. The van der Waals surface area contributed by atoms with Crippen LogP contribution in [0.15, 0.2) is 29.7 Å². The summed E-state index contributed by atoms with van der Waals surface area (Å²) in [7, 11) is -3.47. The third-order valence-electron chi connectivity index (χ3n) is 6.12. The first kappa shape index (κ1) is 17.8. The van der Waals surface area contributed by atoms with Gasteiger partial charge in [0.15, 0.2) is 5.65 Å². The van der Waals surface area contributed by atoms with Gasteiger partial charge in [-0.25, -0.2) is 17.9 Å². The molecule has 28 heavy (non-hydrogen) atoms. The van der Waals surface area contributed by atoms with Crippen molar-refractivity contribution in [1.29, 1.82) is 0 Å². The van der Waals surface area contributed by atoms with Gasteiger partial charge in [-0.1, -0.05) is 6.92 Å². The van der Waals surface area contributed by atoms with Crippen molar-refractivity contribution in [3.8, 4) is 0 Å². The Kier molecular flexibility index (Phi) is 4.24. The zero-order valence-electron chi connectivity index (χ0n) is 16.0. The number of nitrogens with zero attached hydrogens (tertiary/aromatic N) is 6. The second kappa shape index (κ2) is 6.66. The average Bonchev–Trinajstić information content (AvgIpc) is 3.43. The zero-order valence-corrected chi connectivity index (χ0v) is 16.8. The fourth-order valence-electron chi connectivity index (χ4n) is 4.59. The Morgan fingerprint density at radius 3 is 2.79 bits per heavy atom. The van der Waals surface area contributed by atoms with Crippen LogP contribution in [-0.2, 0) is 29.4 Å². The lowest BCUT2D eigenvalue weighted by Crippen LogP contribution is -2.38. The van der Waals surface area contributed by atoms with Gasteiger partial charge in [-0.05, 0) is 55.2 Å². The van der Waals surface area contributed by atoms with Gasteiger partial charge in [0, 0.05) is 25.8 Å². The van der Waals surface area contributed by atoms with Crippen LogP contribution in [0, 0.1) is 0 Å². The molecule has 0 aromatic carbocycles. The fraction of sp³-hybridized carbons (Fsp3) is 0.526. The molecule has 5 heterocycles. The van der Waals surface area contributed by atoms with Crippen molar-refractivity contribution in [2.45, 2.75) is 56.4 Å². The molecule has 0 amide bonds. The minimum Gasteiger partial charge on any atom is -0.268 e. The summed E-state index contributed by atoms with van der Waals surface area (Å²) < 4.78 is 31.6. The van der Waals surface area contributed by atoms with Gasteiger partial charge in [0.05, 0.1) is 11.9 Å². The molecule has 0 N–H and O–H groups in total. The van der Waals surface area contributed by atoms with Crippen LogP contribution in [0.3, 0.4) is 0 Å². The molecule has 2 aliphatic heterocycles. The molecule has 0 bridgehead atoms. The van der Waals surface area contributed by atoms with Crippen molar-refractivity contribution in [1.82, 2.24) is 28.7 Å². The highest BCUT2D eigenvalue weighted by Gasteiger charge is 2.34. The largest absolute Gasteiger partial charge is 0.268 e. The van der Waals surface area contributed by atoms with E-state index >= 15 is 0 Å². The van der Waals surface area contributed by atoms with Crippen molar-refractivity contribution < 1.29 is 8.42 Å². The predicted molar refractivity (Wildman–Crippen MR) is 104 cm³/mol. The minimum atomic E-state index is -3.47. The van der Waals surface area contributed by atoms with Crippen molar-refractivity contribution in [2.75, 3.05) is 13.1 Å². The van der Waals surface area contributed by atoms with Crippen molar-refractivity contribution in [3.05, 3.63) is 41.6 Å². The Labute approximate surface area is 164 Å². The molecule has 0 unspecified atom stereocenters. The smallest absolute Gasteiger partial charge is 0.246 e. The number of rotatable bonds is 4. The standard InChI is InChI=1S/C19H24N6O2S/c1-2-14-10-19-20-13-22-25(19)12-16(14)15-5-8-23(9-6-15)28(26,27)18-11-21-24-7-3-4-17(18)24/h10-13,15H,2-9H2,1H3. The van der Waals surface area contributed by atoms with E-state index in [1.165, 1.54) is 17.3 Å². The molecule has 148 valence electrons. The van der Waals surface area contributed by atoms with Crippen LogP contribution in [0.1, 0.15) is 48.9 Å². The molecular formula is C19H24N6O2S. The summed E-state index contributed by atoms with van der Waals surface area (Å²) in [6.45, 7) is 4.04. The highest BCUT2D eigenvalue weighted by molar-refractivity contribution is 7.89. The van der Waals surface area contributed by atoms with Crippen LogP contribution in [0.4, 0.5) is 0 Å². The molecule has 3 aromatic heterocycles. The van der Waals surface area contributed by atoms with Gasteiger partial charge in [0.25, 0.3) is 0 Å². The Balaban J connectivity index is 1.38. The molecule has 3 aromatic rings. The molecule has 5 rings (SSSR count). The predicted octanol–water partition coefficient (Wildman–Crippen LogP) is 2.00. The molecule has 0 atom stereocenters. The Morgan fingerprint density at radius 1 is 1.18 bits per heavy atom. The number of sulfonamides is 1. The van der Waals surface area contributed by atoms with Gasteiger partial charge in [0.2, 0.25) is 10.0 Å². The van der Waals surface area contributed by atoms with Crippen LogP contribution in [0.25, 0.3) is 5.65 Å². The maximum atomic E-state index is 13.2. The third-order valence-corrected chi connectivity index (χ3v) is 8.06. The lowest BCUT2D eigenvalue weighted by atomic mass is 9.87.